The molecule has 0 aliphatic carbocycles. The summed E-state index contributed by atoms with van der Waals surface area (Å²) in [6.07, 6.45) is 0. The minimum atomic E-state index is -3.45. The number of ether oxygens (including phenoxy) is 1. The highest BCUT2D eigenvalue weighted by molar-refractivity contribution is 7.90. The Morgan fingerprint density at radius 3 is 2.35 bits per heavy atom. The van der Waals surface area contributed by atoms with E-state index in [4.69, 9.17) is 22.1 Å². The molecule has 0 aliphatic rings. The van der Waals surface area contributed by atoms with E-state index < -0.39 is 9.84 Å². The normalized spacial score (nSPS) is 11.3. The van der Waals surface area contributed by atoms with Crippen LogP contribution in [-0.2, 0) is 15.6 Å². The fraction of sp³-hybridized carbons (Fsp3) is 0.143. The number of hydrogen-bond acceptors (Lipinski definition) is 4. The molecule has 106 valence electrons. The van der Waals surface area contributed by atoms with Crippen molar-refractivity contribution >= 4 is 27.1 Å². The van der Waals surface area contributed by atoms with Gasteiger partial charge in [-0.15, -0.1) is 0 Å². The Morgan fingerprint density at radius 2 is 1.80 bits per heavy atom. The summed E-state index contributed by atoms with van der Waals surface area (Å²) in [4.78, 5) is 0.160. The molecule has 4 nitrogen and oxygen atoms in total. The molecule has 2 N–H and O–H groups in total. The van der Waals surface area contributed by atoms with Crippen molar-refractivity contribution in [3.63, 3.8) is 0 Å². The number of anilines is 1. The predicted molar refractivity (Wildman–Crippen MR) is 79.7 cm³/mol. The van der Waals surface area contributed by atoms with E-state index in [-0.39, 0.29) is 15.7 Å². The number of halogens is 1. The van der Waals surface area contributed by atoms with Gasteiger partial charge in [0.2, 0.25) is 0 Å². The maximum absolute atomic E-state index is 12.3. The fourth-order valence-corrected chi connectivity index (χ4v) is 3.34. The topological polar surface area (TPSA) is 69.4 Å². The van der Waals surface area contributed by atoms with Gasteiger partial charge in [0.15, 0.2) is 9.84 Å². The Balaban J connectivity index is 2.27. The SMILES string of the molecule is COc1ccc(CS(=O)(=O)c2ccc(N)c(Cl)c2)cc1. The first-order chi connectivity index (χ1) is 9.42. The zero-order valence-electron chi connectivity index (χ0n) is 10.8. The van der Waals surface area contributed by atoms with Gasteiger partial charge in [0, 0.05) is 0 Å². The Morgan fingerprint density at radius 1 is 1.15 bits per heavy atom. The van der Waals surface area contributed by atoms with Crippen LogP contribution in [0.2, 0.25) is 5.02 Å². The van der Waals surface area contributed by atoms with Crippen molar-refractivity contribution in [3.05, 3.63) is 53.1 Å². The molecule has 0 saturated heterocycles. The molecule has 0 atom stereocenters. The summed E-state index contributed by atoms with van der Waals surface area (Å²) in [6, 6.07) is 11.2. The second-order valence-electron chi connectivity index (χ2n) is 4.29. The van der Waals surface area contributed by atoms with Crippen LogP contribution in [0.3, 0.4) is 0 Å². The van der Waals surface area contributed by atoms with Gasteiger partial charge in [-0.25, -0.2) is 8.42 Å². The molecule has 0 amide bonds. The molecule has 0 unspecified atom stereocenters. The molecule has 0 spiro atoms. The monoisotopic (exact) mass is 311 g/mol. The standard InChI is InChI=1S/C14H14ClNO3S/c1-19-11-4-2-10(3-5-11)9-20(17,18)12-6-7-14(16)13(15)8-12/h2-8H,9,16H2,1H3. The lowest BCUT2D eigenvalue weighted by Gasteiger charge is -2.07. The quantitative estimate of drug-likeness (QED) is 0.881. The van der Waals surface area contributed by atoms with E-state index in [1.807, 2.05) is 0 Å². The highest BCUT2D eigenvalue weighted by Crippen LogP contribution is 2.25. The molecule has 2 aromatic carbocycles. The molecule has 0 saturated carbocycles. The van der Waals surface area contributed by atoms with E-state index >= 15 is 0 Å². The van der Waals surface area contributed by atoms with E-state index in [2.05, 4.69) is 0 Å². The van der Waals surface area contributed by atoms with Crippen LogP contribution < -0.4 is 10.5 Å². The van der Waals surface area contributed by atoms with Crippen LogP contribution in [0, 0.1) is 0 Å². The summed E-state index contributed by atoms with van der Waals surface area (Å²) in [5, 5.41) is 0.237. The van der Waals surface area contributed by atoms with Crippen LogP contribution in [0.5, 0.6) is 5.75 Å². The Hall–Kier alpha value is -1.72. The summed E-state index contributed by atoms with van der Waals surface area (Å²) < 4.78 is 29.6. The van der Waals surface area contributed by atoms with Crippen LogP contribution in [0.25, 0.3) is 0 Å². The predicted octanol–water partition coefficient (Wildman–Crippen LogP) is 2.90. The number of sulfone groups is 1. The van der Waals surface area contributed by atoms with Gasteiger partial charge in [-0.1, -0.05) is 23.7 Å². The van der Waals surface area contributed by atoms with E-state index in [0.29, 0.717) is 17.0 Å². The van der Waals surface area contributed by atoms with Crippen molar-refractivity contribution in [2.24, 2.45) is 0 Å². The summed E-state index contributed by atoms with van der Waals surface area (Å²) in [6.45, 7) is 0. The number of nitrogens with two attached hydrogens (primary N) is 1. The van der Waals surface area contributed by atoms with Gasteiger partial charge in [-0.05, 0) is 35.9 Å². The van der Waals surface area contributed by atoms with Crippen LogP contribution in [0.15, 0.2) is 47.4 Å². The first-order valence-electron chi connectivity index (χ1n) is 5.83. The van der Waals surface area contributed by atoms with Gasteiger partial charge in [0.05, 0.1) is 28.5 Å². The molecule has 0 aliphatic heterocycles. The second kappa shape index (κ2) is 5.73. The molecule has 2 rings (SSSR count). The van der Waals surface area contributed by atoms with E-state index in [1.54, 1.807) is 31.4 Å². The highest BCUT2D eigenvalue weighted by Gasteiger charge is 2.16. The second-order valence-corrected chi connectivity index (χ2v) is 6.69. The molecule has 2 aromatic rings. The first-order valence-corrected chi connectivity index (χ1v) is 7.86. The number of methoxy groups -OCH3 is 1. The maximum Gasteiger partial charge on any atom is 0.182 e. The van der Waals surface area contributed by atoms with Crippen molar-refractivity contribution in [1.29, 1.82) is 0 Å². The molecular weight excluding hydrogens is 298 g/mol. The third kappa shape index (κ3) is 3.23. The number of benzene rings is 2. The Kier molecular flexibility index (Phi) is 4.20. The molecule has 6 heteroatoms. The number of hydrogen-bond donors (Lipinski definition) is 1. The van der Waals surface area contributed by atoms with Crippen LogP contribution in [0.4, 0.5) is 5.69 Å². The zero-order chi connectivity index (χ0) is 14.8. The molecule has 0 aromatic heterocycles. The molecule has 0 heterocycles. The average molecular weight is 312 g/mol. The van der Waals surface area contributed by atoms with E-state index in [9.17, 15) is 8.42 Å². The van der Waals surface area contributed by atoms with Crippen LogP contribution in [0.1, 0.15) is 5.56 Å². The van der Waals surface area contributed by atoms with E-state index in [0.717, 1.165) is 0 Å². The van der Waals surface area contributed by atoms with Gasteiger partial charge >= 0.3 is 0 Å². The van der Waals surface area contributed by atoms with Gasteiger partial charge in [0.25, 0.3) is 0 Å². The van der Waals surface area contributed by atoms with Crippen LogP contribution in [-0.4, -0.2) is 15.5 Å². The third-order valence-electron chi connectivity index (χ3n) is 2.85. The molecule has 0 radical (unpaired) electrons. The largest absolute Gasteiger partial charge is 0.497 e. The summed E-state index contributed by atoms with van der Waals surface area (Å²) in [5.74, 6) is 0.582. The van der Waals surface area contributed by atoms with Crippen molar-refractivity contribution in [2.45, 2.75) is 10.6 Å². The minimum absolute atomic E-state index is 0.1000. The van der Waals surface area contributed by atoms with Crippen molar-refractivity contribution in [3.8, 4) is 5.75 Å². The summed E-state index contributed by atoms with van der Waals surface area (Å²) in [7, 11) is -1.90. The number of rotatable bonds is 4. The lowest BCUT2D eigenvalue weighted by atomic mass is 10.2. The minimum Gasteiger partial charge on any atom is -0.497 e. The summed E-state index contributed by atoms with van der Waals surface area (Å²) in [5.41, 5.74) is 6.61. The molecular formula is C14H14ClNO3S. The average Bonchev–Trinajstić information content (AvgIpc) is 2.42. The fourth-order valence-electron chi connectivity index (χ4n) is 1.73. The van der Waals surface area contributed by atoms with Crippen molar-refractivity contribution in [2.75, 3.05) is 12.8 Å². The van der Waals surface area contributed by atoms with Gasteiger partial charge in [-0.2, -0.15) is 0 Å². The smallest absolute Gasteiger partial charge is 0.182 e. The van der Waals surface area contributed by atoms with Crippen molar-refractivity contribution < 1.29 is 13.2 Å². The molecule has 0 bridgehead atoms. The molecule has 0 fully saturated rings. The first kappa shape index (κ1) is 14.7. The van der Waals surface area contributed by atoms with Gasteiger partial charge in [0.1, 0.15) is 5.75 Å². The van der Waals surface area contributed by atoms with Gasteiger partial charge in [-0.3, -0.25) is 0 Å². The lowest BCUT2D eigenvalue weighted by molar-refractivity contribution is 0.414. The molecule has 20 heavy (non-hydrogen) atoms. The summed E-state index contributed by atoms with van der Waals surface area (Å²) >= 11 is 5.86. The lowest BCUT2D eigenvalue weighted by Crippen LogP contribution is -2.05. The zero-order valence-corrected chi connectivity index (χ0v) is 12.4. The highest BCUT2D eigenvalue weighted by atomic mass is 35.5. The Labute approximate surface area is 123 Å². The third-order valence-corrected chi connectivity index (χ3v) is 4.86. The Bertz CT molecular complexity index is 712. The van der Waals surface area contributed by atoms with Crippen LogP contribution >= 0.6 is 11.6 Å². The van der Waals surface area contributed by atoms with Gasteiger partial charge < -0.3 is 10.5 Å². The van der Waals surface area contributed by atoms with Crippen molar-refractivity contribution in [1.82, 2.24) is 0 Å². The maximum atomic E-state index is 12.3. The number of nitrogen functional groups attached to an aromatic ring is 1. The van der Waals surface area contributed by atoms with E-state index in [1.165, 1.54) is 18.2 Å².